The number of aromatic amines is 1. The van der Waals surface area contributed by atoms with Crippen molar-refractivity contribution >= 4 is 29.1 Å². The summed E-state index contributed by atoms with van der Waals surface area (Å²) in [4.78, 5) is 24.7. The van der Waals surface area contributed by atoms with Gasteiger partial charge in [-0.1, -0.05) is 13.0 Å². The minimum absolute atomic E-state index is 0.0912. The van der Waals surface area contributed by atoms with Crippen molar-refractivity contribution in [3.63, 3.8) is 0 Å². The molecule has 0 aliphatic carbocycles. The van der Waals surface area contributed by atoms with Crippen LogP contribution in [0.25, 0.3) is 17.0 Å². The largest absolute Gasteiger partial charge is 0.433 e. The molecule has 30 heavy (non-hydrogen) atoms. The Balaban J connectivity index is 1.70. The van der Waals surface area contributed by atoms with Crippen LogP contribution in [-0.2, 0) is 6.18 Å². The number of carbonyl (C=O) groups excluding carboxylic acids is 1. The number of fused-ring (bicyclic) bond motifs is 1. The highest BCUT2D eigenvalue weighted by Crippen LogP contribution is 2.35. The lowest BCUT2D eigenvalue weighted by Crippen LogP contribution is -2.14. The monoisotopic (exact) mass is 433 g/mol. The van der Waals surface area contributed by atoms with E-state index in [1.807, 2.05) is 6.92 Å². The van der Waals surface area contributed by atoms with Gasteiger partial charge in [0.1, 0.15) is 34.8 Å². The number of nitrogens with zero attached hydrogens (tertiary/aromatic N) is 5. The van der Waals surface area contributed by atoms with Crippen LogP contribution in [0.3, 0.4) is 0 Å². The van der Waals surface area contributed by atoms with E-state index in [2.05, 4.69) is 30.5 Å². The number of pyridine rings is 1. The van der Waals surface area contributed by atoms with Crippen LogP contribution in [0.15, 0.2) is 47.9 Å². The Hall–Kier alpha value is -3.41. The summed E-state index contributed by atoms with van der Waals surface area (Å²) in [6.07, 6.45) is -0.456. The maximum Gasteiger partial charge on any atom is 0.433 e. The molecule has 12 heteroatoms. The molecule has 4 aromatic rings. The van der Waals surface area contributed by atoms with Gasteiger partial charge in [0, 0.05) is 18.5 Å². The molecule has 154 valence electrons. The lowest BCUT2D eigenvalue weighted by atomic mass is 10.3. The van der Waals surface area contributed by atoms with Crippen LogP contribution in [0.2, 0.25) is 0 Å². The summed E-state index contributed by atoms with van der Waals surface area (Å²) in [6, 6.07) is 5.84. The second-order valence-electron chi connectivity index (χ2n) is 6.04. The first-order valence-corrected chi connectivity index (χ1v) is 9.71. The zero-order chi connectivity index (χ0) is 21.3. The highest BCUT2D eigenvalue weighted by atomic mass is 32.2. The van der Waals surface area contributed by atoms with E-state index in [9.17, 15) is 18.0 Å². The third-order valence-corrected chi connectivity index (χ3v) is 5.01. The van der Waals surface area contributed by atoms with Crippen LogP contribution in [-0.4, -0.2) is 41.2 Å². The highest BCUT2D eigenvalue weighted by molar-refractivity contribution is 7.99. The number of carbonyl (C=O) groups is 1. The molecular weight excluding hydrogens is 419 g/mol. The number of H-pyrrole nitrogens is 1. The lowest BCUT2D eigenvalue weighted by Gasteiger charge is -2.04. The standard InChI is InChI=1S/C18H14F3N7OS/c1-2-30-15-14(26-27-16(15)25-17(29)10-5-3-4-6-22-10)11-8-28-9-23-12(18(19,20)21)7-13(28)24-11/h3-9H,2H2,1H3,(H2,25,26,27,29). The number of aromatic nitrogens is 6. The smallest absolute Gasteiger partial charge is 0.303 e. The summed E-state index contributed by atoms with van der Waals surface area (Å²) < 4.78 is 40.1. The minimum atomic E-state index is -4.56. The Morgan fingerprint density at radius 2 is 2.13 bits per heavy atom. The average Bonchev–Trinajstić information content (AvgIpc) is 3.31. The summed E-state index contributed by atoms with van der Waals surface area (Å²) in [5.41, 5.74) is 0.151. The van der Waals surface area contributed by atoms with Gasteiger partial charge in [-0.2, -0.15) is 18.3 Å². The van der Waals surface area contributed by atoms with Gasteiger partial charge in [-0.05, 0) is 17.9 Å². The third kappa shape index (κ3) is 3.85. The van der Waals surface area contributed by atoms with Crippen LogP contribution in [0.1, 0.15) is 23.1 Å². The molecule has 0 saturated carbocycles. The van der Waals surface area contributed by atoms with Crippen molar-refractivity contribution in [2.45, 2.75) is 18.0 Å². The fourth-order valence-corrected chi connectivity index (χ4v) is 3.53. The fraction of sp³-hybridized carbons (Fsp3) is 0.167. The number of rotatable bonds is 5. The Morgan fingerprint density at radius 1 is 1.30 bits per heavy atom. The molecule has 4 heterocycles. The van der Waals surface area contributed by atoms with E-state index < -0.39 is 17.8 Å². The molecule has 0 aromatic carbocycles. The second kappa shape index (κ2) is 7.78. The van der Waals surface area contributed by atoms with E-state index in [1.54, 1.807) is 24.4 Å². The molecule has 0 atom stereocenters. The number of anilines is 1. The molecule has 0 aliphatic heterocycles. The van der Waals surface area contributed by atoms with Gasteiger partial charge in [-0.15, -0.1) is 11.8 Å². The van der Waals surface area contributed by atoms with Crippen molar-refractivity contribution in [1.29, 1.82) is 0 Å². The van der Waals surface area contributed by atoms with Gasteiger partial charge in [-0.3, -0.25) is 19.3 Å². The number of amides is 1. The van der Waals surface area contributed by atoms with E-state index in [0.717, 1.165) is 12.4 Å². The predicted molar refractivity (Wildman–Crippen MR) is 104 cm³/mol. The van der Waals surface area contributed by atoms with Crippen LogP contribution in [0, 0.1) is 0 Å². The Morgan fingerprint density at radius 3 is 2.83 bits per heavy atom. The number of imidazole rings is 1. The topological polar surface area (TPSA) is 101 Å². The molecule has 1 amide bonds. The quantitative estimate of drug-likeness (QED) is 0.463. The molecule has 0 fully saturated rings. The number of thioether (sulfide) groups is 1. The molecule has 0 bridgehead atoms. The fourth-order valence-electron chi connectivity index (χ4n) is 2.71. The first-order valence-electron chi connectivity index (χ1n) is 8.72. The van der Waals surface area contributed by atoms with Gasteiger partial charge in [0.15, 0.2) is 5.82 Å². The van der Waals surface area contributed by atoms with Crippen molar-refractivity contribution in [3.8, 4) is 11.4 Å². The molecule has 0 saturated heterocycles. The summed E-state index contributed by atoms with van der Waals surface area (Å²) in [6.45, 7) is 1.93. The first-order chi connectivity index (χ1) is 14.4. The van der Waals surface area contributed by atoms with Crippen molar-refractivity contribution in [2.75, 3.05) is 11.1 Å². The number of hydrogen-bond acceptors (Lipinski definition) is 6. The normalized spacial score (nSPS) is 11.7. The van der Waals surface area contributed by atoms with Gasteiger partial charge in [0.25, 0.3) is 5.91 Å². The summed E-state index contributed by atoms with van der Waals surface area (Å²) in [5, 5.41) is 9.67. The van der Waals surface area contributed by atoms with Crippen LogP contribution < -0.4 is 5.32 Å². The van der Waals surface area contributed by atoms with Crippen molar-refractivity contribution in [3.05, 3.63) is 54.4 Å². The van der Waals surface area contributed by atoms with E-state index >= 15 is 0 Å². The number of nitrogens with one attached hydrogen (secondary N) is 2. The molecule has 2 N–H and O–H groups in total. The van der Waals surface area contributed by atoms with Gasteiger partial charge >= 0.3 is 6.18 Å². The Bertz CT molecular complexity index is 1200. The minimum Gasteiger partial charge on any atom is -0.303 e. The molecule has 0 spiro atoms. The maximum absolute atomic E-state index is 12.9. The highest BCUT2D eigenvalue weighted by Gasteiger charge is 2.33. The molecule has 4 aromatic heterocycles. The molecule has 8 nitrogen and oxygen atoms in total. The average molecular weight is 433 g/mol. The van der Waals surface area contributed by atoms with E-state index in [0.29, 0.717) is 27.9 Å². The number of alkyl halides is 3. The SMILES string of the molecule is CCSc1c(NC(=O)c2ccccn2)n[nH]c1-c1cn2cnc(C(F)(F)F)cc2n1. The maximum atomic E-state index is 12.9. The van der Waals surface area contributed by atoms with Crippen molar-refractivity contribution < 1.29 is 18.0 Å². The molecule has 4 rings (SSSR count). The van der Waals surface area contributed by atoms with E-state index in [1.165, 1.54) is 22.4 Å². The number of hydrogen-bond donors (Lipinski definition) is 2. The molecule has 0 unspecified atom stereocenters. The number of halogens is 3. The van der Waals surface area contributed by atoms with E-state index in [4.69, 9.17) is 0 Å². The van der Waals surface area contributed by atoms with Gasteiger partial charge < -0.3 is 5.32 Å². The third-order valence-electron chi connectivity index (χ3n) is 4.03. The van der Waals surface area contributed by atoms with Crippen molar-refractivity contribution in [2.24, 2.45) is 0 Å². The zero-order valence-corrected chi connectivity index (χ0v) is 16.3. The molecular formula is C18H14F3N7OS. The predicted octanol–water partition coefficient (Wildman–Crippen LogP) is 3.90. The van der Waals surface area contributed by atoms with Crippen LogP contribution >= 0.6 is 11.8 Å². The van der Waals surface area contributed by atoms with Gasteiger partial charge in [0.2, 0.25) is 0 Å². The van der Waals surface area contributed by atoms with Crippen LogP contribution in [0.5, 0.6) is 0 Å². The second-order valence-corrected chi connectivity index (χ2v) is 7.32. The first kappa shape index (κ1) is 19.9. The van der Waals surface area contributed by atoms with Gasteiger partial charge in [0.05, 0.1) is 4.90 Å². The molecule has 0 radical (unpaired) electrons. The summed E-state index contributed by atoms with van der Waals surface area (Å²) in [7, 11) is 0. The van der Waals surface area contributed by atoms with Crippen LogP contribution in [0.4, 0.5) is 19.0 Å². The lowest BCUT2D eigenvalue weighted by molar-refractivity contribution is -0.141. The Kier molecular flexibility index (Phi) is 5.16. The Labute approximate surface area is 172 Å². The van der Waals surface area contributed by atoms with E-state index in [-0.39, 0.29) is 11.3 Å². The summed E-state index contributed by atoms with van der Waals surface area (Å²) >= 11 is 1.41. The van der Waals surface area contributed by atoms with Gasteiger partial charge in [-0.25, -0.2) is 9.97 Å². The summed E-state index contributed by atoms with van der Waals surface area (Å²) in [5.74, 6) is 0.533. The molecule has 0 aliphatic rings. The zero-order valence-electron chi connectivity index (χ0n) is 15.4. The van der Waals surface area contributed by atoms with Crippen molar-refractivity contribution in [1.82, 2.24) is 29.5 Å².